The molecule has 0 saturated carbocycles. The minimum absolute atomic E-state index is 0.0584. The molecule has 0 N–H and O–H groups in total. The smallest absolute Gasteiger partial charge is 0.337 e. The molecule has 22 heavy (non-hydrogen) atoms. The van der Waals surface area contributed by atoms with Crippen LogP contribution in [0.5, 0.6) is 0 Å². The fourth-order valence-electron chi connectivity index (χ4n) is 2.56. The Kier molecular flexibility index (Phi) is 5.24. The molecular weight excluding hydrogens is 302 g/mol. The van der Waals surface area contributed by atoms with Gasteiger partial charge in [0.25, 0.3) is 0 Å². The van der Waals surface area contributed by atoms with Gasteiger partial charge in [-0.05, 0) is 36.6 Å². The van der Waals surface area contributed by atoms with E-state index >= 15 is 0 Å². The highest BCUT2D eigenvalue weighted by Gasteiger charge is 2.31. The first kappa shape index (κ1) is 16.5. The van der Waals surface area contributed by atoms with Crippen LogP contribution in [-0.2, 0) is 14.3 Å². The molecule has 1 aliphatic rings. The summed E-state index contributed by atoms with van der Waals surface area (Å²) in [7, 11) is 1.34. The zero-order chi connectivity index (χ0) is 16.3. The van der Waals surface area contributed by atoms with E-state index in [1.807, 2.05) is 6.92 Å². The van der Waals surface area contributed by atoms with Gasteiger partial charge in [0.15, 0.2) is 5.12 Å². The minimum Gasteiger partial charge on any atom is -0.465 e. The summed E-state index contributed by atoms with van der Waals surface area (Å²) in [4.78, 5) is 36.5. The summed E-state index contributed by atoms with van der Waals surface area (Å²) in [6.45, 7) is 4.01. The van der Waals surface area contributed by atoms with Gasteiger partial charge in [-0.3, -0.25) is 9.59 Å². The molecule has 5 nitrogen and oxygen atoms in total. The predicted octanol–water partition coefficient (Wildman–Crippen LogP) is 2.41. The van der Waals surface area contributed by atoms with Crippen LogP contribution in [-0.4, -0.2) is 36.4 Å². The second-order valence-corrected chi connectivity index (χ2v) is 6.57. The van der Waals surface area contributed by atoms with E-state index in [0.29, 0.717) is 24.3 Å². The fourth-order valence-corrected chi connectivity index (χ4v) is 3.26. The molecule has 1 unspecified atom stereocenters. The number of nitrogens with zero attached hydrogens (tertiary/aromatic N) is 1. The maximum Gasteiger partial charge on any atom is 0.337 e. The first-order valence-electron chi connectivity index (χ1n) is 7.05. The molecular formula is C16H19NO4S. The largest absolute Gasteiger partial charge is 0.465 e. The number of carbonyl (C=O) groups is 3. The molecule has 1 fully saturated rings. The van der Waals surface area contributed by atoms with Crippen LogP contribution in [0.25, 0.3) is 0 Å². The minimum atomic E-state index is -0.391. The molecule has 1 saturated heterocycles. The Bertz CT molecular complexity index is 614. The molecule has 1 aromatic rings. The summed E-state index contributed by atoms with van der Waals surface area (Å²) in [5, 5.41) is 0.0736. The van der Waals surface area contributed by atoms with Crippen molar-refractivity contribution in [2.45, 2.75) is 20.3 Å². The Hall–Kier alpha value is -1.82. The highest BCUT2D eigenvalue weighted by Crippen LogP contribution is 2.30. The zero-order valence-corrected chi connectivity index (χ0v) is 13.7. The third-order valence-corrected chi connectivity index (χ3v) is 4.68. The van der Waals surface area contributed by atoms with E-state index in [-0.39, 0.29) is 16.9 Å². The van der Waals surface area contributed by atoms with Crippen molar-refractivity contribution in [3.63, 3.8) is 0 Å². The Labute approximate surface area is 134 Å². The predicted molar refractivity (Wildman–Crippen MR) is 86.1 cm³/mol. The number of methoxy groups -OCH3 is 1. The lowest BCUT2D eigenvalue weighted by molar-refractivity contribution is -0.117. The van der Waals surface area contributed by atoms with Crippen molar-refractivity contribution in [2.75, 3.05) is 24.3 Å². The summed E-state index contributed by atoms with van der Waals surface area (Å²) in [5.41, 5.74) is 2.14. The van der Waals surface area contributed by atoms with Crippen molar-refractivity contribution in [3.05, 3.63) is 29.3 Å². The number of anilines is 1. The average molecular weight is 321 g/mol. The number of carbonyl (C=O) groups excluding carboxylic acids is 3. The molecule has 0 radical (unpaired) electrons. The van der Waals surface area contributed by atoms with E-state index in [4.69, 9.17) is 4.74 Å². The first-order valence-corrected chi connectivity index (χ1v) is 8.03. The van der Waals surface area contributed by atoms with Crippen molar-refractivity contribution in [3.8, 4) is 0 Å². The molecule has 1 amide bonds. The van der Waals surface area contributed by atoms with E-state index in [0.717, 1.165) is 11.3 Å². The molecule has 0 spiro atoms. The molecule has 0 aliphatic carbocycles. The molecule has 6 heteroatoms. The second-order valence-electron chi connectivity index (χ2n) is 5.37. The van der Waals surface area contributed by atoms with Crippen LogP contribution >= 0.6 is 11.8 Å². The van der Waals surface area contributed by atoms with E-state index in [1.54, 1.807) is 23.1 Å². The van der Waals surface area contributed by atoms with Crippen LogP contribution < -0.4 is 4.90 Å². The standard InChI is InChI=1S/C16H19NO4S/c1-10-6-13(16(20)21-3)4-5-14(10)17-8-12(7-15(17)19)9-22-11(2)18/h4-6,12H,7-9H2,1-3H3. The maximum atomic E-state index is 12.2. The van der Waals surface area contributed by atoms with Crippen LogP contribution in [0.3, 0.4) is 0 Å². The Balaban J connectivity index is 2.13. The molecule has 2 rings (SSSR count). The van der Waals surface area contributed by atoms with Gasteiger partial charge in [-0.2, -0.15) is 0 Å². The summed E-state index contributed by atoms with van der Waals surface area (Å²) < 4.78 is 4.69. The molecule has 1 atom stereocenters. The van der Waals surface area contributed by atoms with Crippen molar-refractivity contribution in [1.29, 1.82) is 0 Å². The quantitative estimate of drug-likeness (QED) is 0.797. The number of aryl methyl sites for hydroxylation is 1. The van der Waals surface area contributed by atoms with Crippen molar-refractivity contribution < 1.29 is 19.1 Å². The summed E-state index contributed by atoms with van der Waals surface area (Å²) in [6, 6.07) is 5.17. The number of benzene rings is 1. The molecule has 0 bridgehead atoms. The SMILES string of the molecule is COC(=O)c1ccc(N2CC(CSC(C)=O)CC2=O)c(C)c1. The van der Waals surface area contributed by atoms with Gasteiger partial charge >= 0.3 is 5.97 Å². The summed E-state index contributed by atoms with van der Waals surface area (Å²) >= 11 is 1.26. The van der Waals surface area contributed by atoms with Crippen LogP contribution in [0.15, 0.2) is 18.2 Å². The number of thioether (sulfide) groups is 1. The molecule has 118 valence electrons. The van der Waals surface area contributed by atoms with Gasteiger partial charge in [-0.25, -0.2) is 4.79 Å². The highest BCUT2D eigenvalue weighted by atomic mass is 32.2. The number of ether oxygens (including phenoxy) is 1. The molecule has 1 aromatic carbocycles. The summed E-state index contributed by atoms with van der Waals surface area (Å²) in [5.74, 6) is 0.513. The number of rotatable bonds is 4. The maximum absolute atomic E-state index is 12.2. The number of hydrogen-bond acceptors (Lipinski definition) is 5. The lowest BCUT2D eigenvalue weighted by atomic mass is 10.1. The van der Waals surface area contributed by atoms with E-state index in [9.17, 15) is 14.4 Å². The van der Waals surface area contributed by atoms with Gasteiger partial charge in [-0.1, -0.05) is 11.8 Å². The Morgan fingerprint density at radius 3 is 2.73 bits per heavy atom. The van der Waals surface area contributed by atoms with Crippen LogP contribution in [0, 0.1) is 12.8 Å². The first-order chi connectivity index (χ1) is 10.4. The lowest BCUT2D eigenvalue weighted by Crippen LogP contribution is -2.25. The fraction of sp³-hybridized carbons (Fsp3) is 0.438. The second kappa shape index (κ2) is 6.96. The van der Waals surface area contributed by atoms with Gasteiger partial charge in [0.2, 0.25) is 5.91 Å². The topological polar surface area (TPSA) is 63.7 Å². The Morgan fingerprint density at radius 1 is 1.41 bits per heavy atom. The summed E-state index contributed by atoms with van der Waals surface area (Å²) in [6.07, 6.45) is 0.457. The van der Waals surface area contributed by atoms with Gasteiger partial charge in [-0.15, -0.1) is 0 Å². The molecule has 0 aromatic heterocycles. The average Bonchev–Trinajstić information content (AvgIpc) is 2.85. The van der Waals surface area contributed by atoms with Gasteiger partial charge in [0.1, 0.15) is 0 Å². The number of amides is 1. The number of hydrogen-bond donors (Lipinski definition) is 0. The third-order valence-electron chi connectivity index (χ3n) is 3.64. The van der Waals surface area contributed by atoms with Crippen molar-refractivity contribution >= 4 is 34.4 Å². The van der Waals surface area contributed by atoms with Gasteiger partial charge in [0, 0.05) is 31.3 Å². The van der Waals surface area contributed by atoms with E-state index in [2.05, 4.69) is 0 Å². The van der Waals surface area contributed by atoms with Crippen LogP contribution in [0.1, 0.15) is 29.3 Å². The third kappa shape index (κ3) is 3.68. The Morgan fingerprint density at radius 2 is 2.14 bits per heavy atom. The van der Waals surface area contributed by atoms with Crippen molar-refractivity contribution in [1.82, 2.24) is 0 Å². The van der Waals surface area contributed by atoms with Crippen LogP contribution in [0.2, 0.25) is 0 Å². The van der Waals surface area contributed by atoms with Crippen LogP contribution in [0.4, 0.5) is 5.69 Å². The molecule has 1 aliphatic heterocycles. The van der Waals surface area contributed by atoms with Crippen molar-refractivity contribution in [2.24, 2.45) is 5.92 Å². The van der Waals surface area contributed by atoms with E-state index < -0.39 is 5.97 Å². The lowest BCUT2D eigenvalue weighted by Gasteiger charge is -2.19. The highest BCUT2D eigenvalue weighted by molar-refractivity contribution is 8.13. The zero-order valence-electron chi connectivity index (χ0n) is 12.9. The van der Waals surface area contributed by atoms with E-state index in [1.165, 1.54) is 25.8 Å². The normalized spacial score (nSPS) is 17.7. The van der Waals surface area contributed by atoms with Gasteiger partial charge in [0.05, 0.1) is 12.7 Å². The van der Waals surface area contributed by atoms with Gasteiger partial charge < -0.3 is 9.64 Å². The number of esters is 1. The molecule has 1 heterocycles. The monoisotopic (exact) mass is 321 g/mol.